The molecule has 0 aliphatic carbocycles. The van der Waals surface area contributed by atoms with Crippen molar-refractivity contribution >= 4 is 21.6 Å². The molecule has 0 heterocycles. The van der Waals surface area contributed by atoms with E-state index in [1.165, 1.54) is 12.1 Å². The van der Waals surface area contributed by atoms with Gasteiger partial charge in [-0.2, -0.15) is 0 Å². The van der Waals surface area contributed by atoms with Crippen LogP contribution in [0.3, 0.4) is 0 Å². The van der Waals surface area contributed by atoms with Gasteiger partial charge in [0.2, 0.25) is 0 Å². The van der Waals surface area contributed by atoms with E-state index < -0.39 is 5.82 Å². The lowest BCUT2D eigenvalue weighted by molar-refractivity contribution is 0.386. The van der Waals surface area contributed by atoms with Crippen LogP contribution in [0.2, 0.25) is 0 Å². The van der Waals surface area contributed by atoms with Gasteiger partial charge in [0.1, 0.15) is 23.1 Å². The highest BCUT2D eigenvalue weighted by atomic mass is 79.9. The number of nitrogens with two attached hydrogens (primary N) is 1. The summed E-state index contributed by atoms with van der Waals surface area (Å²) in [6.07, 6.45) is 0. The molecule has 2 aromatic rings. The first-order valence-corrected chi connectivity index (χ1v) is 6.48. The number of nitrogen functional groups attached to an aromatic ring is 1. The normalized spacial score (nSPS) is 10.2. The van der Waals surface area contributed by atoms with Gasteiger partial charge in [0, 0.05) is 30.3 Å². The fourth-order valence-electron chi connectivity index (χ4n) is 1.60. The van der Waals surface area contributed by atoms with Crippen LogP contribution in [0.5, 0.6) is 23.0 Å². The van der Waals surface area contributed by atoms with Crippen molar-refractivity contribution in [3.05, 3.63) is 40.6 Å². The molecule has 2 aromatic carbocycles. The van der Waals surface area contributed by atoms with E-state index in [0.29, 0.717) is 23.0 Å². The van der Waals surface area contributed by atoms with Gasteiger partial charge in [0.05, 0.1) is 24.4 Å². The fourth-order valence-corrected chi connectivity index (χ4v) is 1.92. The molecule has 106 valence electrons. The third-order valence-corrected chi connectivity index (χ3v) is 3.21. The average molecular weight is 342 g/mol. The summed E-state index contributed by atoms with van der Waals surface area (Å²) in [4.78, 5) is 0. The molecule has 0 radical (unpaired) electrons. The molecule has 6 heteroatoms. The van der Waals surface area contributed by atoms with E-state index in [9.17, 15) is 4.39 Å². The first kappa shape index (κ1) is 14.5. The van der Waals surface area contributed by atoms with E-state index in [1.54, 1.807) is 32.4 Å². The number of ether oxygens (including phenoxy) is 3. The maximum atomic E-state index is 13.3. The van der Waals surface area contributed by atoms with Crippen molar-refractivity contribution in [3.63, 3.8) is 0 Å². The summed E-state index contributed by atoms with van der Waals surface area (Å²) >= 11 is 3.09. The molecule has 2 rings (SSSR count). The van der Waals surface area contributed by atoms with E-state index >= 15 is 0 Å². The molecule has 0 saturated carbocycles. The summed E-state index contributed by atoms with van der Waals surface area (Å²) in [7, 11) is 3.09. The molecule has 0 spiro atoms. The zero-order valence-corrected chi connectivity index (χ0v) is 12.5. The number of benzene rings is 2. The van der Waals surface area contributed by atoms with Crippen molar-refractivity contribution in [1.82, 2.24) is 0 Å². The Kier molecular flexibility index (Phi) is 4.34. The summed E-state index contributed by atoms with van der Waals surface area (Å²) in [6.45, 7) is 0. The predicted molar refractivity (Wildman–Crippen MR) is 78.1 cm³/mol. The molecular formula is C14H13BrFNO3. The van der Waals surface area contributed by atoms with Gasteiger partial charge in [-0.3, -0.25) is 0 Å². The molecule has 0 aliphatic rings. The number of anilines is 1. The Morgan fingerprint density at radius 1 is 0.950 bits per heavy atom. The minimum atomic E-state index is -0.446. The lowest BCUT2D eigenvalue weighted by Gasteiger charge is -2.12. The third-order valence-electron chi connectivity index (χ3n) is 2.61. The van der Waals surface area contributed by atoms with Crippen LogP contribution < -0.4 is 19.9 Å². The zero-order valence-electron chi connectivity index (χ0n) is 10.9. The number of rotatable bonds is 4. The van der Waals surface area contributed by atoms with Crippen LogP contribution in [0.4, 0.5) is 10.1 Å². The van der Waals surface area contributed by atoms with Crippen molar-refractivity contribution in [2.24, 2.45) is 0 Å². The van der Waals surface area contributed by atoms with E-state index in [2.05, 4.69) is 15.9 Å². The van der Waals surface area contributed by atoms with Gasteiger partial charge >= 0.3 is 0 Å². The number of halogens is 2. The van der Waals surface area contributed by atoms with E-state index in [4.69, 9.17) is 19.9 Å². The number of hydrogen-bond acceptors (Lipinski definition) is 4. The van der Waals surface area contributed by atoms with Crippen LogP contribution >= 0.6 is 15.9 Å². The highest BCUT2D eigenvalue weighted by Crippen LogP contribution is 2.35. The van der Waals surface area contributed by atoms with Crippen molar-refractivity contribution in [1.29, 1.82) is 0 Å². The molecule has 0 aliphatic heterocycles. The second-order valence-electron chi connectivity index (χ2n) is 3.95. The molecule has 2 N–H and O–H groups in total. The predicted octanol–water partition coefficient (Wildman–Crippen LogP) is 3.98. The van der Waals surface area contributed by atoms with Crippen molar-refractivity contribution in [2.45, 2.75) is 0 Å². The van der Waals surface area contributed by atoms with Crippen LogP contribution in [0.15, 0.2) is 34.8 Å². The minimum Gasteiger partial charge on any atom is -0.496 e. The summed E-state index contributed by atoms with van der Waals surface area (Å²) in [5.41, 5.74) is 5.93. The van der Waals surface area contributed by atoms with Gasteiger partial charge in [0.15, 0.2) is 5.75 Å². The molecule has 0 aromatic heterocycles. The number of methoxy groups -OCH3 is 2. The summed E-state index contributed by atoms with van der Waals surface area (Å²) in [5, 5.41) is 0. The minimum absolute atomic E-state index is 0.201. The summed E-state index contributed by atoms with van der Waals surface area (Å²) in [5.74, 6) is 1.54. The van der Waals surface area contributed by atoms with Gasteiger partial charge in [-0.25, -0.2) is 4.39 Å². The van der Waals surface area contributed by atoms with Gasteiger partial charge in [-0.15, -0.1) is 0 Å². The maximum Gasteiger partial charge on any atom is 0.151 e. The Bertz CT molecular complexity index is 612. The first-order chi connectivity index (χ1) is 9.53. The van der Waals surface area contributed by atoms with E-state index in [-0.39, 0.29) is 10.2 Å². The van der Waals surface area contributed by atoms with Crippen LogP contribution in [0, 0.1) is 5.82 Å². The van der Waals surface area contributed by atoms with E-state index in [1.807, 2.05) is 0 Å². The molecule has 0 bridgehead atoms. The van der Waals surface area contributed by atoms with Crippen LogP contribution in [0.25, 0.3) is 0 Å². The highest BCUT2D eigenvalue weighted by Gasteiger charge is 2.10. The molecule has 0 unspecified atom stereocenters. The standard InChI is InChI=1S/C14H13BrFNO3/c1-18-8-3-9(19-2)5-10(4-8)20-14-6-11(15)12(16)7-13(14)17/h3-7H,17H2,1-2H3. The topological polar surface area (TPSA) is 53.7 Å². The lowest BCUT2D eigenvalue weighted by atomic mass is 10.2. The van der Waals surface area contributed by atoms with E-state index in [0.717, 1.165) is 0 Å². The maximum absolute atomic E-state index is 13.3. The number of hydrogen-bond donors (Lipinski definition) is 1. The van der Waals surface area contributed by atoms with Crippen LogP contribution in [0.1, 0.15) is 0 Å². The average Bonchev–Trinajstić information content (AvgIpc) is 2.44. The van der Waals surface area contributed by atoms with Crippen LogP contribution in [-0.2, 0) is 0 Å². The quantitative estimate of drug-likeness (QED) is 0.854. The first-order valence-electron chi connectivity index (χ1n) is 5.69. The van der Waals surface area contributed by atoms with Gasteiger partial charge in [-0.05, 0) is 15.9 Å². The molecule has 0 saturated heterocycles. The Morgan fingerprint density at radius 2 is 1.50 bits per heavy atom. The second-order valence-corrected chi connectivity index (χ2v) is 4.81. The monoisotopic (exact) mass is 341 g/mol. The lowest BCUT2D eigenvalue weighted by Crippen LogP contribution is -1.95. The smallest absolute Gasteiger partial charge is 0.151 e. The molecule has 0 fully saturated rings. The highest BCUT2D eigenvalue weighted by molar-refractivity contribution is 9.10. The second kappa shape index (κ2) is 6.00. The summed E-state index contributed by atoms with van der Waals surface area (Å²) in [6, 6.07) is 7.74. The Hall–Kier alpha value is -1.95. The Labute approximate surface area is 124 Å². The van der Waals surface area contributed by atoms with Crippen molar-refractivity contribution in [2.75, 3.05) is 20.0 Å². The van der Waals surface area contributed by atoms with Gasteiger partial charge in [-0.1, -0.05) is 0 Å². The Balaban J connectivity index is 2.36. The zero-order chi connectivity index (χ0) is 14.7. The molecule has 0 amide bonds. The molecule has 0 atom stereocenters. The Morgan fingerprint density at radius 3 is 2.05 bits per heavy atom. The van der Waals surface area contributed by atoms with Crippen molar-refractivity contribution < 1.29 is 18.6 Å². The summed E-state index contributed by atoms with van der Waals surface area (Å²) < 4.78 is 29.5. The molecule has 20 heavy (non-hydrogen) atoms. The largest absolute Gasteiger partial charge is 0.496 e. The van der Waals surface area contributed by atoms with Gasteiger partial charge in [0.25, 0.3) is 0 Å². The van der Waals surface area contributed by atoms with Gasteiger partial charge < -0.3 is 19.9 Å². The molecular weight excluding hydrogens is 329 g/mol. The SMILES string of the molecule is COc1cc(OC)cc(Oc2cc(Br)c(F)cc2N)c1. The third kappa shape index (κ3) is 3.14. The fraction of sp³-hybridized carbons (Fsp3) is 0.143. The molecule has 4 nitrogen and oxygen atoms in total. The van der Waals surface area contributed by atoms with Crippen LogP contribution in [-0.4, -0.2) is 14.2 Å². The van der Waals surface area contributed by atoms with Crippen molar-refractivity contribution in [3.8, 4) is 23.0 Å².